The summed E-state index contributed by atoms with van der Waals surface area (Å²) in [6.45, 7) is 2.67. The van der Waals surface area contributed by atoms with Gasteiger partial charge < -0.3 is 10.1 Å². The van der Waals surface area contributed by atoms with Crippen LogP contribution in [-0.4, -0.2) is 41.4 Å². The summed E-state index contributed by atoms with van der Waals surface area (Å²) in [5.74, 6) is 0.144. The van der Waals surface area contributed by atoms with Crippen LogP contribution in [0, 0.1) is 16.7 Å². The van der Waals surface area contributed by atoms with Crippen LogP contribution in [0.15, 0.2) is 0 Å². The number of nitriles is 1. The van der Waals surface area contributed by atoms with E-state index in [4.69, 9.17) is 4.74 Å². The SMILES string of the molecule is CC(CS(C)=O)NC(=O)C1(C#N)CCOCC1. The third kappa shape index (κ3) is 3.79. The zero-order valence-corrected chi connectivity index (χ0v) is 11.0. The Hall–Kier alpha value is -0.930. The van der Waals surface area contributed by atoms with Crippen LogP contribution in [0.4, 0.5) is 0 Å². The van der Waals surface area contributed by atoms with E-state index >= 15 is 0 Å². The summed E-state index contributed by atoms with van der Waals surface area (Å²) in [5.41, 5.74) is -0.970. The van der Waals surface area contributed by atoms with Crippen molar-refractivity contribution in [3.8, 4) is 6.07 Å². The topological polar surface area (TPSA) is 79.2 Å². The molecular formula is C11H18N2O3S. The number of nitrogens with zero attached hydrogens (tertiary/aromatic N) is 1. The molecule has 0 aliphatic carbocycles. The number of carbonyl (C=O) groups excluding carboxylic acids is 1. The molecule has 1 rings (SSSR count). The van der Waals surface area contributed by atoms with E-state index in [2.05, 4.69) is 11.4 Å². The van der Waals surface area contributed by atoms with Crippen molar-refractivity contribution in [2.24, 2.45) is 5.41 Å². The summed E-state index contributed by atoms with van der Waals surface area (Å²) in [4.78, 5) is 12.1. The molecule has 6 heteroatoms. The first-order valence-corrected chi connectivity index (χ1v) is 7.33. The average molecular weight is 258 g/mol. The first-order chi connectivity index (χ1) is 8.00. The van der Waals surface area contributed by atoms with Gasteiger partial charge in [0.25, 0.3) is 0 Å². The van der Waals surface area contributed by atoms with Crippen LogP contribution in [0.2, 0.25) is 0 Å². The molecule has 1 N–H and O–H groups in total. The minimum Gasteiger partial charge on any atom is -0.381 e. The molecule has 5 nitrogen and oxygen atoms in total. The van der Waals surface area contributed by atoms with Gasteiger partial charge in [0.1, 0.15) is 5.41 Å². The van der Waals surface area contributed by atoms with Crippen molar-refractivity contribution >= 4 is 16.7 Å². The second-order valence-corrected chi connectivity index (χ2v) is 5.90. The maximum absolute atomic E-state index is 12.1. The maximum atomic E-state index is 12.1. The van der Waals surface area contributed by atoms with E-state index in [1.54, 1.807) is 13.2 Å². The molecule has 96 valence electrons. The standard InChI is InChI=1S/C11H18N2O3S/c1-9(7-17(2)15)13-10(14)11(8-12)3-5-16-6-4-11/h9H,3-7H2,1-2H3,(H,13,14). The number of hydrogen-bond donors (Lipinski definition) is 1. The second-order valence-electron chi connectivity index (χ2n) is 4.42. The Balaban J connectivity index is 2.61. The number of carbonyl (C=O) groups is 1. The second kappa shape index (κ2) is 6.12. The number of hydrogen-bond acceptors (Lipinski definition) is 4. The molecular weight excluding hydrogens is 240 g/mol. The number of rotatable bonds is 4. The van der Waals surface area contributed by atoms with Crippen LogP contribution in [0.1, 0.15) is 19.8 Å². The van der Waals surface area contributed by atoms with Gasteiger partial charge in [-0.1, -0.05) is 0 Å². The first kappa shape index (κ1) is 14.1. The lowest BCUT2D eigenvalue weighted by molar-refractivity contribution is -0.132. The predicted octanol–water partition coefficient (Wildman–Crippen LogP) is 0.190. The van der Waals surface area contributed by atoms with Crippen LogP contribution in [-0.2, 0) is 20.3 Å². The van der Waals surface area contributed by atoms with Gasteiger partial charge in [-0.2, -0.15) is 5.26 Å². The van der Waals surface area contributed by atoms with E-state index in [1.807, 2.05) is 0 Å². The fourth-order valence-corrected chi connectivity index (χ4v) is 2.65. The Kier molecular flexibility index (Phi) is 5.09. The van der Waals surface area contributed by atoms with Gasteiger partial charge >= 0.3 is 0 Å². The molecule has 0 radical (unpaired) electrons. The van der Waals surface area contributed by atoms with Gasteiger partial charge in [-0.25, -0.2) is 0 Å². The molecule has 2 unspecified atom stereocenters. The lowest BCUT2D eigenvalue weighted by atomic mass is 9.80. The van der Waals surface area contributed by atoms with Gasteiger partial charge in [-0.15, -0.1) is 0 Å². The molecule has 17 heavy (non-hydrogen) atoms. The van der Waals surface area contributed by atoms with Gasteiger partial charge in [-0.3, -0.25) is 9.00 Å². The third-order valence-corrected chi connectivity index (χ3v) is 3.83. The largest absolute Gasteiger partial charge is 0.381 e. The number of ether oxygens (including phenoxy) is 1. The molecule has 2 atom stereocenters. The van der Waals surface area contributed by atoms with Gasteiger partial charge in [0.2, 0.25) is 5.91 Å². The fraction of sp³-hybridized carbons (Fsp3) is 0.818. The minimum absolute atomic E-state index is 0.179. The van der Waals surface area contributed by atoms with Gasteiger partial charge in [0, 0.05) is 42.1 Å². The highest BCUT2D eigenvalue weighted by Crippen LogP contribution is 2.29. The van der Waals surface area contributed by atoms with E-state index in [0.29, 0.717) is 31.8 Å². The summed E-state index contributed by atoms with van der Waals surface area (Å²) in [6.07, 6.45) is 2.45. The average Bonchev–Trinajstić information content (AvgIpc) is 2.28. The Labute approximate surface area is 104 Å². The first-order valence-electron chi connectivity index (χ1n) is 5.60. The maximum Gasteiger partial charge on any atom is 0.240 e. The monoisotopic (exact) mass is 258 g/mol. The Morgan fingerprint density at radius 1 is 1.59 bits per heavy atom. The van der Waals surface area contributed by atoms with E-state index in [9.17, 15) is 14.3 Å². The van der Waals surface area contributed by atoms with Crippen LogP contribution in [0.5, 0.6) is 0 Å². The zero-order valence-electron chi connectivity index (χ0n) is 10.2. The van der Waals surface area contributed by atoms with Gasteiger partial charge in [0.15, 0.2) is 0 Å². The highest BCUT2D eigenvalue weighted by atomic mass is 32.2. The van der Waals surface area contributed by atoms with Crippen molar-refractivity contribution in [1.82, 2.24) is 5.32 Å². The summed E-state index contributed by atoms with van der Waals surface area (Å²) in [6, 6.07) is 1.93. The van der Waals surface area contributed by atoms with Crippen LogP contribution in [0.25, 0.3) is 0 Å². The van der Waals surface area contributed by atoms with Crippen molar-refractivity contribution in [2.45, 2.75) is 25.8 Å². The van der Waals surface area contributed by atoms with Crippen LogP contribution >= 0.6 is 0 Å². The van der Waals surface area contributed by atoms with Crippen molar-refractivity contribution in [3.05, 3.63) is 0 Å². The number of amides is 1. The molecule has 0 aromatic heterocycles. The normalized spacial score (nSPS) is 22.2. The molecule has 1 fully saturated rings. The molecule has 0 aromatic carbocycles. The van der Waals surface area contributed by atoms with Gasteiger partial charge in [0.05, 0.1) is 6.07 Å². The summed E-state index contributed by atoms with van der Waals surface area (Å²) in [5, 5.41) is 11.9. The summed E-state index contributed by atoms with van der Waals surface area (Å²) in [7, 11) is -0.955. The third-order valence-electron chi connectivity index (χ3n) is 2.86. The van der Waals surface area contributed by atoms with E-state index in [0.717, 1.165) is 0 Å². The lowest BCUT2D eigenvalue weighted by Gasteiger charge is -2.30. The highest BCUT2D eigenvalue weighted by Gasteiger charge is 2.40. The van der Waals surface area contributed by atoms with Crippen LogP contribution in [0.3, 0.4) is 0 Å². The molecule has 0 saturated carbocycles. The molecule has 0 aromatic rings. The van der Waals surface area contributed by atoms with Gasteiger partial charge in [-0.05, 0) is 19.8 Å². The van der Waals surface area contributed by atoms with E-state index in [-0.39, 0.29) is 11.9 Å². The van der Waals surface area contributed by atoms with Crippen LogP contribution < -0.4 is 5.32 Å². The van der Waals surface area contributed by atoms with Crippen molar-refractivity contribution < 1.29 is 13.7 Å². The highest BCUT2D eigenvalue weighted by molar-refractivity contribution is 7.84. The quantitative estimate of drug-likeness (QED) is 0.780. The Morgan fingerprint density at radius 2 is 2.18 bits per heavy atom. The van der Waals surface area contributed by atoms with Crippen molar-refractivity contribution in [2.75, 3.05) is 25.2 Å². The smallest absolute Gasteiger partial charge is 0.240 e. The molecule has 1 saturated heterocycles. The predicted molar refractivity (Wildman–Crippen MR) is 64.6 cm³/mol. The summed E-state index contributed by atoms with van der Waals surface area (Å²) >= 11 is 0. The van der Waals surface area contributed by atoms with E-state index < -0.39 is 16.2 Å². The Morgan fingerprint density at radius 3 is 2.65 bits per heavy atom. The van der Waals surface area contributed by atoms with Crippen molar-refractivity contribution in [3.63, 3.8) is 0 Å². The minimum atomic E-state index is -0.970. The Bertz CT molecular complexity index is 345. The molecule has 1 aliphatic heterocycles. The molecule has 0 spiro atoms. The summed E-state index contributed by atoms with van der Waals surface area (Å²) < 4.78 is 16.2. The molecule has 1 amide bonds. The molecule has 1 aliphatic rings. The van der Waals surface area contributed by atoms with E-state index in [1.165, 1.54) is 0 Å². The molecule has 1 heterocycles. The molecule has 0 bridgehead atoms. The lowest BCUT2D eigenvalue weighted by Crippen LogP contribution is -2.48. The van der Waals surface area contributed by atoms with Crippen molar-refractivity contribution in [1.29, 1.82) is 5.26 Å². The fourth-order valence-electron chi connectivity index (χ4n) is 1.87. The zero-order chi connectivity index (χ0) is 12.9. The number of nitrogens with one attached hydrogen (secondary N) is 1.